The van der Waals surface area contributed by atoms with Crippen LogP contribution >= 0.6 is 7.60 Å². The molecule has 2 aliphatic heterocycles. The van der Waals surface area contributed by atoms with E-state index in [-0.39, 0.29) is 67.9 Å². The summed E-state index contributed by atoms with van der Waals surface area (Å²) in [6.45, 7) is 6.47. The van der Waals surface area contributed by atoms with Crippen LogP contribution in [0.25, 0.3) is 0 Å². The third kappa shape index (κ3) is 13.4. The number of carbonyl (C=O) groups is 2. The van der Waals surface area contributed by atoms with Gasteiger partial charge in [-0.2, -0.15) is 4.31 Å². The molecule has 1 amide bonds. The van der Waals surface area contributed by atoms with E-state index < -0.39 is 60.4 Å². The molecule has 19 heteroatoms. The summed E-state index contributed by atoms with van der Waals surface area (Å²) in [4.78, 5) is 25.5. The number of nitrogens with zero attached hydrogens (tertiary/aromatic N) is 1. The number of rotatable bonds is 23. The van der Waals surface area contributed by atoms with Crippen LogP contribution in [0, 0.1) is 11.8 Å². The lowest BCUT2D eigenvalue weighted by molar-refractivity contribution is -0.151. The van der Waals surface area contributed by atoms with Crippen molar-refractivity contribution in [3.8, 4) is 11.5 Å². The predicted octanol–water partition coefficient (Wildman–Crippen LogP) is 4.03. The van der Waals surface area contributed by atoms with E-state index >= 15 is 0 Å². The number of para-hydroxylation sites is 1. The first kappa shape index (κ1) is 47.0. The van der Waals surface area contributed by atoms with E-state index in [1.54, 1.807) is 49.4 Å². The summed E-state index contributed by atoms with van der Waals surface area (Å²) in [6.07, 6.45) is -3.98. The van der Waals surface area contributed by atoms with Crippen LogP contribution in [0.3, 0.4) is 0 Å². The van der Waals surface area contributed by atoms with Crippen LogP contribution in [0.5, 0.6) is 11.5 Å². The van der Waals surface area contributed by atoms with Gasteiger partial charge in [0.2, 0.25) is 16.3 Å². The lowest BCUT2D eigenvalue weighted by Crippen LogP contribution is -2.51. The number of hydrogen-bond donors (Lipinski definition) is 4. The smallest absolute Gasteiger partial charge is 0.407 e. The number of alkyl carbamates (subject to hydrolysis) is 1. The van der Waals surface area contributed by atoms with Crippen LogP contribution in [-0.4, -0.2) is 113 Å². The number of esters is 1. The number of carbonyl (C=O) groups excluding carboxylic acids is 2. The molecule has 2 heterocycles. The number of nitrogens with one attached hydrogen (secondary N) is 2. The van der Waals surface area contributed by atoms with Gasteiger partial charge in [0.15, 0.2) is 6.29 Å². The highest BCUT2D eigenvalue weighted by molar-refractivity contribution is 7.89. The van der Waals surface area contributed by atoms with E-state index in [1.165, 1.54) is 23.5 Å². The lowest BCUT2D eigenvalue weighted by Gasteiger charge is -2.31. The van der Waals surface area contributed by atoms with Crippen LogP contribution in [0.1, 0.15) is 38.3 Å². The molecule has 3 aromatic carbocycles. The molecule has 2 fully saturated rings. The van der Waals surface area contributed by atoms with Gasteiger partial charge in [-0.05, 0) is 73.2 Å². The van der Waals surface area contributed by atoms with Crippen LogP contribution < -0.4 is 25.6 Å². The number of hydrogen-bond acceptors (Lipinski definition) is 15. The Bertz CT molecular complexity index is 1980. The zero-order valence-corrected chi connectivity index (χ0v) is 36.1. The van der Waals surface area contributed by atoms with E-state index in [1.807, 2.05) is 38.1 Å². The van der Waals surface area contributed by atoms with Crippen molar-refractivity contribution in [1.82, 2.24) is 14.9 Å². The molecule has 60 heavy (non-hydrogen) atoms. The van der Waals surface area contributed by atoms with Crippen molar-refractivity contribution in [2.75, 3.05) is 52.7 Å². The lowest BCUT2D eigenvalue weighted by atomic mass is 10.00. The summed E-state index contributed by atoms with van der Waals surface area (Å²) in [5, 5.41) is 17.8. The maximum Gasteiger partial charge on any atom is 0.407 e. The van der Waals surface area contributed by atoms with Crippen LogP contribution in [0.4, 0.5) is 4.79 Å². The molecule has 17 nitrogen and oxygen atoms in total. The van der Waals surface area contributed by atoms with Crippen LogP contribution in [0.2, 0.25) is 0 Å². The van der Waals surface area contributed by atoms with Gasteiger partial charge < -0.3 is 43.9 Å². The minimum absolute atomic E-state index is 0.0400. The summed E-state index contributed by atoms with van der Waals surface area (Å²) >= 11 is 0. The highest BCUT2D eigenvalue weighted by Gasteiger charge is 2.44. The van der Waals surface area contributed by atoms with E-state index in [0.717, 1.165) is 11.1 Å². The van der Waals surface area contributed by atoms with Gasteiger partial charge in [0.05, 0.1) is 56.1 Å². The fraction of sp³-hybridized carbons (Fsp3) is 0.512. The average Bonchev–Trinajstić information content (AvgIpc) is 3.85. The highest BCUT2D eigenvalue weighted by atomic mass is 32.2. The fourth-order valence-corrected chi connectivity index (χ4v) is 9.93. The Balaban J connectivity index is 1.25. The zero-order valence-electron chi connectivity index (χ0n) is 34.3. The van der Waals surface area contributed by atoms with Crippen molar-refractivity contribution in [3.05, 3.63) is 90.0 Å². The molecule has 0 aliphatic carbocycles. The number of nitrogens with two attached hydrogens (primary N) is 1. The quantitative estimate of drug-likeness (QED) is 0.0457. The normalized spacial score (nSPS) is 20.2. The van der Waals surface area contributed by atoms with Gasteiger partial charge in [0, 0.05) is 26.2 Å². The number of aliphatic hydroxyl groups is 1. The monoisotopic (exact) mass is 876 g/mol. The van der Waals surface area contributed by atoms with Crippen molar-refractivity contribution < 1.29 is 60.4 Å². The molecule has 5 N–H and O–H groups in total. The number of benzene rings is 3. The number of amides is 1. The first-order chi connectivity index (χ1) is 28.7. The number of methoxy groups -OCH3 is 1. The topological polar surface area (TPSA) is 224 Å². The molecule has 5 rings (SSSR count). The molecule has 0 saturated carbocycles. The molecule has 2 aliphatic rings. The Labute approximate surface area is 351 Å². The van der Waals surface area contributed by atoms with Gasteiger partial charge in [0.25, 0.3) is 0 Å². The summed E-state index contributed by atoms with van der Waals surface area (Å²) in [7, 11) is -6.49. The molecular weight excluding hydrogens is 820 g/mol. The first-order valence-corrected chi connectivity index (χ1v) is 23.1. The number of ether oxygens (including phenoxy) is 5. The van der Waals surface area contributed by atoms with Gasteiger partial charge in [-0.3, -0.25) is 10.3 Å². The molecule has 0 radical (unpaired) electrons. The molecule has 3 aromatic rings. The van der Waals surface area contributed by atoms with Crippen molar-refractivity contribution in [3.63, 3.8) is 0 Å². The van der Waals surface area contributed by atoms with E-state index in [4.69, 9.17) is 38.5 Å². The number of aliphatic hydroxyl groups excluding tert-OH is 1. The third-order valence-electron chi connectivity index (χ3n) is 9.82. The minimum atomic E-state index is -4.06. The Morgan fingerprint density at radius 3 is 2.35 bits per heavy atom. The third-order valence-corrected chi connectivity index (χ3v) is 13.5. The van der Waals surface area contributed by atoms with E-state index in [9.17, 15) is 27.7 Å². The maximum absolute atomic E-state index is 13.9. The van der Waals surface area contributed by atoms with E-state index in [0.29, 0.717) is 25.3 Å². The second-order valence-electron chi connectivity index (χ2n) is 14.9. The molecule has 7 atom stereocenters. The van der Waals surface area contributed by atoms with Crippen molar-refractivity contribution in [1.29, 1.82) is 0 Å². The second-order valence-corrected chi connectivity index (χ2v) is 18.9. The first-order valence-electron chi connectivity index (χ1n) is 19.9. The van der Waals surface area contributed by atoms with Gasteiger partial charge in [-0.25, -0.2) is 22.6 Å². The molecule has 0 bridgehead atoms. The van der Waals surface area contributed by atoms with Crippen LogP contribution in [-0.2, 0) is 55.8 Å². The standard InChI is InChI=1S/C41H57N4O13PS/c1-5-53-39(47)38(42)58-59(49,57-32-9-7-6-8-10-32)22-20-43-24-30-13-11-29(12-14-30)23-35(44-41(48)56-37-27-55-40-34(37)19-21-54-40)36(46)26-45(25-28(2)3)60(50,51)33-17-15-31(52-4)16-18-33/h6-18,28,34-38,40,43,46H,5,19-27,42H2,1-4H3,(H,44,48)/t34-,35-,36+,37-,38+,40+,59?/m0/s1. The average molecular weight is 877 g/mol. The predicted molar refractivity (Wildman–Crippen MR) is 221 cm³/mol. The Kier molecular flexibility index (Phi) is 17.3. The Morgan fingerprint density at radius 1 is 0.983 bits per heavy atom. The van der Waals surface area contributed by atoms with E-state index in [2.05, 4.69) is 10.6 Å². The van der Waals surface area contributed by atoms with Gasteiger partial charge >= 0.3 is 19.7 Å². The maximum atomic E-state index is 13.9. The van der Waals surface area contributed by atoms with Crippen molar-refractivity contribution in [2.24, 2.45) is 17.6 Å². The van der Waals surface area contributed by atoms with Crippen molar-refractivity contribution >= 4 is 29.7 Å². The van der Waals surface area contributed by atoms with Crippen LogP contribution in [0.15, 0.2) is 83.8 Å². The highest BCUT2D eigenvalue weighted by Crippen LogP contribution is 2.48. The Morgan fingerprint density at radius 2 is 1.68 bits per heavy atom. The summed E-state index contributed by atoms with van der Waals surface area (Å²) in [6, 6.07) is 20.8. The molecule has 2 saturated heterocycles. The molecule has 0 spiro atoms. The molecular formula is C41H57N4O13PS. The number of sulfonamides is 1. The summed E-state index contributed by atoms with van der Waals surface area (Å²) in [5.41, 5.74) is 7.42. The zero-order chi connectivity index (χ0) is 43.3. The van der Waals surface area contributed by atoms with Gasteiger partial charge in [-0.15, -0.1) is 0 Å². The fourth-order valence-electron chi connectivity index (χ4n) is 6.76. The minimum Gasteiger partial charge on any atom is -0.497 e. The van der Waals surface area contributed by atoms with Crippen molar-refractivity contribution in [2.45, 2.75) is 75.8 Å². The van der Waals surface area contributed by atoms with Gasteiger partial charge in [-0.1, -0.05) is 56.3 Å². The molecule has 0 aromatic heterocycles. The molecule has 1 unspecified atom stereocenters. The number of fused-ring (bicyclic) bond motifs is 1. The summed E-state index contributed by atoms with van der Waals surface area (Å²) < 4.78 is 80.9. The summed E-state index contributed by atoms with van der Waals surface area (Å²) in [5.74, 6) is -0.260. The van der Waals surface area contributed by atoms with Gasteiger partial charge in [0.1, 0.15) is 17.6 Å². The Hall–Kier alpha value is -4.10. The largest absolute Gasteiger partial charge is 0.497 e. The SMILES string of the molecule is CCOC(=O)[C@H](N)OP(=O)(CCNCc1ccc(C[C@H](NC(=O)O[C@H]2CO[C@H]3OCC[C@H]32)[C@H](O)CN(CC(C)C)S(=O)(=O)c2ccc(OC)cc2)cc1)Oc1ccccc1. The molecule has 330 valence electrons. The second kappa shape index (κ2) is 22.1.